The lowest BCUT2D eigenvalue weighted by Gasteiger charge is -2.27. The highest BCUT2D eigenvalue weighted by Crippen LogP contribution is 2.32. The molecule has 0 radical (unpaired) electrons. The van der Waals surface area contributed by atoms with Gasteiger partial charge in [0.05, 0.1) is 7.11 Å². The van der Waals surface area contributed by atoms with Gasteiger partial charge in [0.25, 0.3) is 0 Å². The van der Waals surface area contributed by atoms with Crippen molar-refractivity contribution >= 4 is 18.7 Å². The van der Waals surface area contributed by atoms with Crippen LogP contribution in [0.15, 0.2) is 18.2 Å². The average molecular weight is 272 g/mol. The minimum Gasteiger partial charge on any atom is -0.493 e. The first-order chi connectivity index (χ1) is 8.17. The van der Waals surface area contributed by atoms with Gasteiger partial charge in [0.2, 0.25) is 0 Å². The molecule has 0 saturated carbocycles. The first-order valence-corrected chi connectivity index (χ1v) is 5.74. The minimum atomic E-state index is -0.337. The number of nitrogens with one attached hydrogen (secondary N) is 1. The fraction of sp³-hybridized carbons (Fsp3) is 0.462. The number of ether oxygens (including phenoxy) is 2. The highest BCUT2D eigenvalue weighted by molar-refractivity contribution is 5.85. The third-order valence-corrected chi connectivity index (χ3v) is 2.99. The number of carbonyl (C=O) groups is 1. The maximum Gasteiger partial charge on any atom is 0.163 e. The zero-order chi connectivity index (χ0) is 12.3. The van der Waals surface area contributed by atoms with Gasteiger partial charge in [0.1, 0.15) is 6.29 Å². The van der Waals surface area contributed by atoms with Crippen molar-refractivity contribution in [2.24, 2.45) is 0 Å². The zero-order valence-electron chi connectivity index (χ0n) is 10.6. The Morgan fingerprint density at radius 3 is 2.72 bits per heavy atom. The molecule has 1 aliphatic rings. The van der Waals surface area contributed by atoms with Crippen molar-refractivity contribution in [1.82, 2.24) is 5.32 Å². The van der Waals surface area contributed by atoms with Gasteiger partial charge in [-0.3, -0.25) is 10.1 Å². The highest BCUT2D eigenvalue weighted by atomic mass is 35.5. The predicted octanol–water partition coefficient (Wildman–Crippen LogP) is 2.41. The van der Waals surface area contributed by atoms with Gasteiger partial charge in [-0.15, -0.1) is 12.4 Å². The van der Waals surface area contributed by atoms with E-state index in [2.05, 4.69) is 5.32 Å². The molecule has 0 spiro atoms. The van der Waals surface area contributed by atoms with E-state index in [1.807, 2.05) is 6.92 Å². The topological polar surface area (TPSA) is 47.6 Å². The van der Waals surface area contributed by atoms with E-state index in [9.17, 15) is 4.79 Å². The van der Waals surface area contributed by atoms with E-state index in [4.69, 9.17) is 9.47 Å². The normalized spacial score (nSPS) is 22.1. The van der Waals surface area contributed by atoms with Crippen molar-refractivity contribution in [3.05, 3.63) is 23.8 Å². The molecule has 100 valence electrons. The third-order valence-electron chi connectivity index (χ3n) is 2.99. The molecule has 0 bridgehead atoms. The number of hydrogen-bond acceptors (Lipinski definition) is 4. The summed E-state index contributed by atoms with van der Waals surface area (Å²) in [4.78, 5) is 10.7. The molecule has 2 rings (SSSR count). The second-order valence-corrected chi connectivity index (χ2v) is 4.39. The lowest BCUT2D eigenvalue weighted by Crippen LogP contribution is -2.42. The molecule has 1 aromatic carbocycles. The van der Waals surface area contributed by atoms with Crippen molar-refractivity contribution in [3.63, 3.8) is 0 Å². The molecule has 0 aliphatic carbocycles. The molecule has 0 amide bonds. The summed E-state index contributed by atoms with van der Waals surface area (Å²) in [6, 6.07) is 5.18. The van der Waals surface area contributed by atoms with Crippen LogP contribution in [0.5, 0.6) is 11.5 Å². The maximum absolute atomic E-state index is 10.7. The highest BCUT2D eigenvalue weighted by Gasteiger charge is 2.30. The second kappa shape index (κ2) is 6.07. The molecule has 1 aromatic rings. The van der Waals surface area contributed by atoms with Crippen LogP contribution in [0.4, 0.5) is 0 Å². The number of rotatable bonds is 4. The van der Waals surface area contributed by atoms with Gasteiger partial charge < -0.3 is 9.47 Å². The summed E-state index contributed by atoms with van der Waals surface area (Å²) >= 11 is 0. The molecule has 1 N–H and O–H groups in total. The molecular weight excluding hydrogens is 254 g/mol. The zero-order valence-corrected chi connectivity index (χ0v) is 11.4. The Morgan fingerprint density at radius 2 is 2.17 bits per heavy atom. The number of aldehydes is 1. The van der Waals surface area contributed by atoms with Gasteiger partial charge >= 0.3 is 0 Å². The first kappa shape index (κ1) is 14.8. The van der Waals surface area contributed by atoms with Crippen molar-refractivity contribution in [1.29, 1.82) is 0 Å². The van der Waals surface area contributed by atoms with Crippen molar-refractivity contribution in [3.8, 4) is 11.5 Å². The Labute approximate surface area is 113 Å². The average Bonchev–Trinajstić information content (AvgIpc) is 2.76. The largest absolute Gasteiger partial charge is 0.493 e. The number of hydrogen-bond donors (Lipinski definition) is 1. The molecule has 1 saturated heterocycles. The standard InChI is InChI=1S/C13H17NO3.ClH/c1-13(6-3-7-14-13)17-11-5-4-10(9-15)8-12(11)16-2;/h4-5,8-9,14H,3,6-7H2,1-2H3;1H/t13-;/m0./s1. The Hall–Kier alpha value is -1.26. The summed E-state index contributed by atoms with van der Waals surface area (Å²) in [5, 5.41) is 3.31. The summed E-state index contributed by atoms with van der Waals surface area (Å²) in [6.07, 6.45) is 2.86. The second-order valence-electron chi connectivity index (χ2n) is 4.39. The minimum absolute atomic E-state index is 0. The monoisotopic (exact) mass is 271 g/mol. The predicted molar refractivity (Wildman–Crippen MR) is 71.9 cm³/mol. The molecule has 5 heteroatoms. The summed E-state index contributed by atoms with van der Waals surface area (Å²) in [6.45, 7) is 2.98. The summed E-state index contributed by atoms with van der Waals surface area (Å²) in [5.74, 6) is 1.25. The molecular formula is C13H18ClNO3. The van der Waals surface area contributed by atoms with Crippen LogP contribution in [0.2, 0.25) is 0 Å². The van der Waals surface area contributed by atoms with Crippen LogP contribution >= 0.6 is 12.4 Å². The van der Waals surface area contributed by atoms with E-state index >= 15 is 0 Å². The lowest BCUT2D eigenvalue weighted by molar-refractivity contribution is 0.0698. The summed E-state index contributed by atoms with van der Waals surface area (Å²) in [5.41, 5.74) is 0.245. The van der Waals surface area contributed by atoms with E-state index in [1.165, 1.54) is 0 Å². The third kappa shape index (κ3) is 3.15. The maximum atomic E-state index is 10.7. The number of halogens is 1. The van der Waals surface area contributed by atoms with Crippen LogP contribution in [-0.4, -0.2) is 25.7 Å². The Balaban J connectivity index is 0.00000162. The quantitative estimate of drug-likeness (QED) is 0.855. The van der Waals surface area contributed by atoms with E-state index in [-0.39, 0.29) is 18.1 Å². The van der Waals surface area contributed by atoms with Gasteiger partial charge in [0, 0.05) is 12.0 Å². The smallest absolute Gasteiger partial charge is 0.163 e. The fourth-order valence-corrected chi connectivity index (χ4v) is 2.04. The first-order valence-electron chi connectivity index (χ1n) is 5.74. The SMILES string of the molecule is COc1cc(C=O)ccc1O[C@@]1(C)CCCN1.Cl. The van der Waals surface area contributed by atoms with E-state index in [0.29, 0.717) is 17.1 Å². The van der Waals surface area contributed by atoms with Gasteiger partial charge in [-0.2, -0.15) is 0 Å². The van der Waals surface area contributed by atoms with Crippen LogP contribution in [0.25, 0.3) is 0 Å². The van der Waals surface area contributed by atoms with E-state index < -0.39 is 0 Å². The molecule has 0 unspecified atom stereocenters. The fourth-order valence-electron chi connectivity index (χ4n) is 2.04. The molecule has 1 atom stereocenters. The van der Waals surface area contributed by atoms with Gasteiger partial charge in [-0.1, -0.05) is 0 Å². The van der Waals surface area contributed by atoms with Gasteiger partial charge in [-0.05, 0) is 38.1 Å². The molecule has 1 fully saturated rings. The Morgan fingerprint density at radius 1 is 1.39 bits per heavy atom. The number of methoxy groups -OCH3 is 1. The van der Waals surface area contributed by atoms with Crippen molar-refractivity contribution in [2.45, 2.75) is 25.5 Å². The molecule has 18 heavy (non-hydrogen) atoms. The lowest BCUT2D eigenvalue weighted by atomic mass is 10.2. The van der Waals surface area contributed by atoms with Gasteiger partial charge in [-0.25, -0.2) is 0 Å². The molecule has 1 heterocycles. The summed E-state index contributed by atoms with van der Waals surface area (Å²) < 4.78 is 11.2. The summed E-state index contributed by atoms with van der Waals surface area (Å²) in [7, 11) is 1.57. The van der Waals surface area contributed by atoms with Crippen LogP contribution in [-0.2, 0) is 0 Å². The van der Waals surface area contributed by atoms with Crippen LogP contribution in [0.1, 0.15) is 30.1 Å². The number of benzene rings is 1. The van der Waals surface area contributed by atoms with E-state index in [1.54, 1.807) is 25.3 Å². The van der Waals surface area contributed by atoms with Gasteiger partial charge in [0.15, 0.2) is 17.2 Å². The molecule has 0 aromatic heterocycles. The van der Waals surface area contributed by atoms with E-state index in [0.717, 1.165) is 25.7 Å². The van der Waals surface area contributed by atoms with Crippen molar-refractivity contribution in [2.75, 3.05) is 13.7 Å². The Kier molecular flexibility index (Phi) is 4.99. The van der Waals surface area contributed by atoms with Crippen LogP contribution in [0.3, 0.4) is 0 Å². The van der Waals surface area contributed by atoms with Crippen LogP contribution in [0, 0.1) is 0 Å². The molecule has 1 aliphatic heterocycles. The van der Waals surface area contributed by atoms with Crippen molar-refractivity contribution < 1.29 is 14.3 Å². The number of carbonyl (C=O) groups excluding carboxylic acids is 1. The van der Waals surface area contributed by atoms with Crippen LogP contribution < -0.4 is 14.8 Å². The molecule has 4 nitrogen and oxygen atoms in total. The Bertz CT molecular complexity index is 417.